The number of nitrogens with one attached hydrogen (secondary N) is 1. The summed E-state index contributed by atoms with van der Waals surface area (Å²) < 4.78 is 18.2. The number of rotatable bonds is 4. The molecule has 0 aliphatic rings. The Balaban J connectivity index is 1.73. The molecule has 0 bridgehead atoms. The van der Waals surface area contributed by atoms with Crippen LogP contribution in [0, 0.1) is 5.82 Å². The van der Waals surface area contributed by atoms with Gasteiger partial charge < -0.3 is 9.40 Å². The van der Waals surface area contributed by atoms with E-state index in [0.717, 1.165) is 5.56 Å². The first-order valence-corrected chi connectivity index (χ1v) is 8.33. The second kappa shape index (κ2) is 6.10. The van der Waals surface area contributed by atoms with E-state index in [1.54, 1.807) is 29.6 Å². The molecule has 1 aromatic carbocycles. The number of hydrogen-bond donors (Lipinski definition) is 1. The number of carbonyl (C=O) groups excluding carboxylic acids is 1. The lowest BCUT2D eigenvalue weighted by molar-refractivity contribution is 0.0964. The van der Waals surface area contributed by atoms with Crippen molar-refractivity contribution in [1.82, 2.24) is 9.97 Å². The maximum atomic E-state index is 13.1. The number of halogens is 1. The van der Waals surface area contributed by atoms with Crippen LogP contribution in [0.2, 0.25) is 0 Å². The maximum Gasteiger partial charge on any atom is 0.260 e. The van der Waals surface area contributed by atoms with Crippen LogP contribution in [0.4, 0.5) is 4.39 Å². The summed E-state index contributed by atoms with van der Waals surface area (Å²) in [5.74, 6) is -0.0933. The molecule has 0 aliphatic heterocycles. The first kappa shape index (κ1) is 15.5. The van der Waals surface area contributed by atoms with Gasteiger partial charge in [-0.25, -0.2) is 9.37 Å². The fourth-order valence-corrected chi connectivity index (χ4v) is 3.56. The van der Waals surface area contributed by atoms with Crippen molar-refractivity contribution >= 4 is 27.3 Å². The third-order valence-electron chi connectivity index (χ3n) is 3.77. The van der Waals surface area contributed by atoms with Crippen molar-refractivity contribution < 1.29 is 13.6 Å². The zero-order chi connectivity index (χ0) is 17.4. The molecule has 0 aliphatic carbocycles. The first-order valence-electron chi connectivity index (χ1n) is 7.45. The molecule has 0 amide bonds. The number of Topliss-reactive ketones (excluding diaryl/α,β-unsaturated/α-hetero) is 1. The fraction of sp³-hybridized carbons (Fsp3) is 0.0556. The Bertz CT molecular complexity index is 1110. The van der Waals surface area contributed by atoms with Gasteiger partial charge >= 0.3 is 0 Å². The van der Waals surface area contributed by atoms with Gasteiger partial charge in [-0.3, -0.25) is 9.59 Å². The van der Waals surface area contributed by atoms with E-state index in [1.807, 2.05) is 0 Å². The number of thiophene rings is 1. The number of H-pyrrole nitrogens is 1. The highest BCUT2D eigenvalue weighted by Crippen LogP contribution is 2.30. The lowest BCUT2D eigenvalue weighted by atomic mass is 10.1. The summed E-state index contributed by atoms with van der Waals surface area (Å²) >= 11 is 1.31. The standard InChI is InChI=1S/C18H11FN2O3S/c19-11-5-3-10(4-6-11)12-9-25-18-16(12)17(23)20-15(21-18)8-13(22)14-2-1-7-24-14/h1-7,9H,8H2,(H,20,21,23). The minimum atomic E-state index is -0.339. The zero-order valence-electron chi connectivity index (χ0n) is 12.8. The van der Waals surface area contributed by atoms with Crippen LogP contribution in [-0.2, 0) is 6.42 Å². The molecule has 0 atom stereocenters. The summed E-state index contributed by atoms with van der Waals surface area (Å²) in [7, 11) is 0. The van der Waals surface area contributed by atoms with Crippen molar-refractivity contribution in [2.75, 3.05) is 0 Å². The van der Waals surface area contributed by atoms with Crippen molar-refractivity contribution in [2.24, 2.45) is 0 Å². The normalized spacial score (nSPS) is 11.1. The second-order valence-corrected chi connectivity index (χ2v) is 6.28. The van der Waals surface area contributed by atoms with E-state index in [2.05, 4.69) is 9.97 Å². The van der Waals surface area contributed by atoms with E-state index in [1.165, 1.54) is 29.7 Å². The van der Waals surface area contributed by atoms with Crippen LogP contribution in [0.15, 0.2) is 57.3 Å². The van der Waals surface area contributed by atoms with Crippen molar-refractivity contribution in [2.45, 2.75) is 6.42 Å². The van der Waals surface area contributed by atoms with E-state index < -0.39 is 0 Å². The molecule has 25 heavy (non-hydrogen) atoms. The largest absolute Gasteiger partial charge is 0.461 e. The monoisotopic (exact) mass is 354 g/mol. The van der Waals surface area contributed by atoms with Gasteiger partial charge in [-0.1, -0.05) is 12.1 Å². The molecule has 0 saturated heterocycles. The van der Waals surface area contributed by atoms with Crippen molar-refractivity contribution in [3.63, 3.8) is 0 Å². The number of aromatic amines is 1. The SMILES string of the molecule is O=C(Cc1nc2scc(-c3ccc(F)cc3)c2c(=O)[nH]1)c1ccco1. The molecule has 1 N–H and O–H groups in total. The topological polar surface area (TPSA) is 76.0 Å². The van der Waals surface area contributed by atoms with E-state index >= 15 is 0 Å². The van der Waals surface area contributed by atoms with Crippen LogP contribution in [0.1, 0.15) is 16.4 Å². The minimum absolute atomic E-state index is 0.0531. The molecule has 0 unspecified atom stereocenters. The Morgan fingerprint density at radius 1 is 1.24 bits per heavy atom. The van der Waals surface area contributed by atoms with Gasteiger partial charge in [-0.15, -0.1) is 11.3 Å². The van der Waals surface area contributed by atoms with E-state index in [4.69, 9.17) is 4.42 Å². The Kier molecular flexibility index (Phi) is 3.77. The van der Waals surface area contributed by atoms with Gasteiger partial charge in [-0.2, -0.15) is 0 Å². The summed E-state index contributed by atoms with van der Waals surface area (Å²) in [6.45, 7) is 0. The van der Waals surface area contributed by atoms with Crippen molar-refractivity contribution in [1.29, 1.82) is 0 Å². The highest BCUT2D eigenvalue weighted by molar-refractivity contribution is 7.17. The molecule has 3 aromatic heterocycles. The summed E-state index contributed by atoms with van der Waals surface area (Å²) in [6.07, 6.45) is 1.36. The van der Waals surface area contributed by atoms with Crippen LogP contribution in [-0.4, -0.2) is 15.8 Å². The molecule has 5 nitrogen and oxygen atoms in total. The smallest absolute Gasteiger partial charge is 0.260 e. The zero-order valence-corrected chi connectivity index (χ0v) is 13.6. The molecule has 0 spiro atoms. The molecule has 4 aromatic rings. The Morgan fingerprint density at radius 2 is 2.04 bits per heavy atom. The number of ketones is 1. The fourth-order valence-electron chi connectivity index (χ4n) is 2.60. The molecule has 0 saturated carbocycles. The average molecular weight is 354 g/mol. The van der Waals surface area contributed by atoms with Gasteiger partial charge in [-0.05, 0) is 29.8 Å². The van der Waals surface area contributed by atoms with Crippen molar-refractivity contribution in [3.05, 3.63) is 75.8 Å². The van der Waals surface area contributed by atoms with Gasteiger partial charge in [0.15, 0.2) is 5.76 Å². The Morgan fingerprint density at radius 3 is 2.76 bits per heavy atom. The average Bonchev–Trinajstić information content (AvgIpc) is 3.25. The van der Waals surface area contributed by atoms with Gasteiger partial charge in [0.1, 0.15) is 16.5 Å². The van der Waals surface area contributed by atoms with Gasteiger partial charge in [0.25, 0.3) is 5.56 Å². The number of furan rings is 1. The highest BCUT2D eigenvalue weighted by atomic mass is 32.1. The van der Waals surface area contributed by atoms with Gasteiger partial charge in [0, 0.05) is 10.9 Å². The number of carbonyl (C=O) groups is 1. The Labute approximate surface area is 144 Å². The number of benzene rings is 1. The third kappa shape index (κ3) is 2.89. The number of fused-ring (bicyclic) bond motifs is 1. The molecular formula is C18H11FN2O3S. The number of nitrogens with zero attached hydrogens (tertiary/aromatic N) is 1. The summed E-state index contributed by atoms with van der Waals surface area (Å²) in [5.41, 5.74) is 1.10. The third-order valence-corrected chi connectivity index (χ3v) is 4.64. The number of aromatic nitrogens is 2. The minimum Gasteiger partial charge on any atom is -0.461 e. The first-order chi connectivity index (χ1) is 12.1. The summed E-state index contributed by atoms with van der Waals surface area (Å²) in [4.78, 5) is 32.1. The van der Waals surface area contributed by atoms with E-state index in [9.17, 15) is 14.0 Å². The quantitative estimate of drug-likeness (QED) is 0.566. The van der Waals surface area contributed by atoms with E-state index in [-0.39, 0.29) is 35.2 Å². The van der Waals surface area contributed by atoms with Crippen LogP contribution < -0.4 is 5.56 Å². The van der Waals surface area contributed by atoms with E-state index in [0.29, 0.717) is 15.8 Å². The Hall–Kier alpha value is -3.06. The molecule has 0 fully saturated rings. The van der Waals surface area contributed by atoms with Crippen LogP contribution in [0.25, 0.3) is 21.3 Å². The maximum absolute atomic E-state index is 13.1. The van der Waals surface area contributed by atoms with Crippen molar-refractivity contribution in [3.8, 4) is 11.1 Å². The molecule has 0 radical (unpaired) electrons. The number of hydrogen-bond acceptors (Lipinski definition) is 5. The van der Waals surface area contributed by atoms with Gasteiger partial charge in [0.05, 0.1) is 18.1 Å². The van der Waals surface area contributed by atoms with Crippen LogP contribution in [0.3, 0.4) is 0 Å². The second-order valence-electron chi connectivity index (χ2n) is 5.43. The highest BCUT2D eigenvalue weighted by Gasteiger charge is 2.16. The van der Waals surface area contributed by atoms with Crippen LogP contribution >= 0.6 is 11.3 Å². The molecule has 4 rings (SSSR count). The molecule has 3 heterocycles. The van der Waals surface area contributed by atoms with Gasteiger partial charge in [0.2, 0.25) is 5.78 Å². The lowest BCUT2D eigenvalue weighted by Crippen LogP contribution is -2.14. The molecule has 124 valence electrons. The summed E-state index contributed by atoms with van der Waals surface area (Å²) in [5, 5.41) is 2.24. The predicted octanol–water partition coefficient (Wildman–Crippen LogP) is 3.81. The molecule has 7 heteroatoms. The van der Waals surface area contributed by atoms with Crippen LogP contribution in [0.5, 0.6) is 0 Å². The molecular weight excluding hydrogens is 343 g/mol. The summed E-state index contributed by atoms with van der Waals surface area (Å²) in [6, 6.07) is 9.11. The lowest BCUT2D eigenvalue weighted by Gasteiger charge is -2.01. The predicted molar refractivity (Wildman–Crippen MR) is 92.4 cm³/mol.